The first-order valence-electron chi connectivity index (χ1n) is 6.84. The highest BCUT2D eigenvalue weighted by molar-refractivity contribution is 14.1. The minimum Gasteiger partial charge on any atom is -0.310 e. The van der Waals surface area contributed by atoms with Crippen LogP contribution in [0.25, 0.3) is 0 Å². The van der Waals surface area contributed by atoms with Gasteiger partial charge in [0, 0.05) is 14.1 Å². The summed E-state index contributed by atoms with van der Waals surface area (Å²) in [5.74, 6) is 0. The van der Waals surface area contributed by atoms with E-state index in [2.05, 4.69) is 100 Å². The first-order chi connectivity index (χ1) is 9.61. The van der Waals surface area contributed by atoms with Crippen LogP contribution in [0, 0.1) is 10.5 Å². The fourth-order valence-corrected chi connectivity index (χ4v) is 3.47. The SMILES string of the molecule is CCNC(Cc1ccccc1C)c1cc(Br)ccc1I. The first kappa shape index (κ1) is 16.0. The molecular formula is C17H19BrIN. The second kappa shape index (κ2) is 7.57. The zero-order valence-corrected chi connectivity index (χ0v) is 15.5. The van der Waals surface area contributed by atoms with Gasteiger partial charge in [-0.3, -0.25) is 0 Å². The molecule has 0 radical (unpaired) electrons. The Balaban J connectivity index is 2.32. The smallest absolute Gasteiger partial charge is 0.0371 e. The van der Waals surface area contributed by atoms with Crippen LogP contribution in [0.3, 0.4) is 0 Å². The van der Waals surface area contributed by atoms with Gasteiger partial charge in [0.2, 0.25) is 0 Å². The van der Waals surface area contributed by atoms with Crippen molar-refractivity contribution in [3.8, 4) is 0 Å². The van der Waals surface area contributed by atoms with Gasteiger partial charge in [-0.25, -0.2) is 0 Å². The number of nitrogens with one attached hydrogen (secondary N) is 1. The predicted molar refractivity (Wildman–Crippen MR) is 98.2 cm³/mol. The number of aryl methyl sites for hydroxylation is 1. The summed E-state index contributed by atoms with van der Waals surface area (Å²) in [4.78, 5) is 0. The van der Waals surface area contributed by atoms with E-state index in [0.717, 1.165) is 17.4 Å². The average molecular weight is 444 g/mol. The van der Waals surface area contributed by atoms with Crippen LogP contribution >= 0.6 is 38.5 Å². The number of benzene rings is 2. The second-order valence-electron chi connectivity index (χ2n) is 4.91. The number of hydrogen-bond donors (Lipinski definition) is 1. The molecule has 1 atom stereocenters. The van der Waals surface area contributed by atoms with E-state index in [1.54, 1.807) is 0 Å². The van der Waals surface area contributed by atoms with E-state index in [9.17, 15) is 0 Å². The quantitative estimate of drug-likeness (QED) is 0.622. The molecule has 0 fully saturated rings. The van der Waals surface area contributed by atoms with Gasteiger partial charge in [-0.2, -0.15) is 0 Å². The zero-order valence-electron chi connectivity index (χ0n) is 11.8. The monoisotopic (exact) mass is 443 g/mol. The van der Waals surface area contributed by atoms with E-state index in [1.807, 2.05) is 0 Å². The van der Waals surface area contributed by atoms with Crippen molar-refractivity contribution in [3.05, 3.63) is 67.2 Å². The van der Waals surface area contributed by atoms with Crippen LogP contribution in [0.15, 0.2) is 46.9 Å². The first-order valence-corrected chi connectivity index (χ1v) is 8.71. The lowest BCUT2D eigenvalue weighted by Crippen LogP contribution is -2.24. The Morgan fingerprint density at radius 1 is 1.20 bits per heavy atom. The molecule has 0 heterocycles. The lowest BCUT2D eigenvalue weighted by molar-refractivity contribution is 0.546. The highest BCUT2D eigenvalue weighted by atomic mass is 127. The van der Waals surface area contributed by atoms with Crippen LogP contribution < -0.4 is 5.32 Å². The lowest BCUT2D eigenvalue weighted by Gasteiger charge is -2.21. The Hall–Kier alpha value is -0.390. The predicted octanol–water partition coefficient (Wildman–Crippen LogP) is 5.26. The molecule has 106 valence electrons. The third kappa shape index (κ3) is 4.06. The van der Waals surface area contributed by atoms with Crippen LogP contribution in [0.1, 0.15) is 29.7 Å². The van der Waals surface area contributed by atoms with E-state index in [0.29, 0.717) is 6.04 Å². The normalized spacial score (nSPS) is 12.4. The maximum absolute atomic E-state index is 3.62. The molecule has 1 nitrogen and oxygen atoms in total. The average Bonchev–Trinajstić information content (AvgIpc) is 2.43. The van der Waals surface area contributed by atoms with E-state index in [-0.39, 0.29) is 0 Å². The van der Waals surface area contributed by atoms with Gasteiger partial charge >= 0.3 is 0 Å². The largest absolute Gasteiger partial charge is 0.310 e. The lowest BCUT2D eigenvalue weighted by atomic mass is 9.96. The fourth-order valence-electron chi connectivity index (χ4n) is 2.38. The summed E-state index contributed by atoms with van der Waals surface area (Å²) >= 11 is 6.01. The fraction of sp³-hybridized carbons (Fsp3) is 0.294. The maximum Gasteiger partial charge on any atom is 0.0371 e. The zero-order chi connectivity index (χ0) is 14.5. The second-order valence-corrected chi connectivity index (χ2v) is 6.98. The van der Waals surface area contributed by atoms with Crippen LogP contribution in [0.2, 0.25) is 0 Å². The maximum atomic E-state index is 3.62. The van der Waals surface area contributed by atoms with Gasteiger partial charge in [0.15, 0.2) is 0 Å². The third-order valence-electron chi connectivity index (χ3n) is 3.47. The number of rotatable bonds is 5. The molecule has 0 saturated heterocycles. The molecule has 2 rings (SSSR count). The van der Waals surface area contributed by atoms with Gasteiger partial charge in [0.05, 0.1) is 0 Å². The van der Waals surface area contributed by atoms with Crippen LogP contribution in [-0.2, 0) is 6.42 Å². The summed E-state index contributed by atoms with van der Waals surface area (Å²) in [6, 6.07) is 15.5. The van der Waals surface area contributed by atoms with E-state index in [1.165, 1.54) is 20.3 Å². The van der Waals surface area contributed by atoms with E-state index in [4.69, 9.17) is 0 Å². The van der Waals surface area contributed by atoms with Crippen molar-refractivity contribution in [3.63, 3.8) is 0 Å². The summed E-state index contributed by atoms with van der Waals surface area (Å²) < 4.78 is 2.45. The van der Waals surface area contributed by atoms with Gasteiger partial charge in [-0.1, -0.05) is 47.1 Å². The topological polar surface area (TPSA) is 12.0 Å². The molecule has 2 aromatic rings. The molecular weight excluding hydrogens is 425 g/mol. The Kier molecular flexibility index (Phi) is 6.05. The molecule has 0 aromatic heterocycles. The Morgan fingerprint density at radius 3 is 2.65 bits per heavy atom. The number of likely N-dealkylation sites (N-methyl/N-ethyl adjacent to an activating group) is 1. The molecule has 0 aliphatic heterocycles. The van der Waals surface area contributed by atoms with Gasteiger partial charge in [0.25, 0.3) is 0 Å². The van der Waals surface area contributed by atoms with Gasteiger partial charge in [-0.05, 0) is 77.4 Å². The van der Waals surface area contributed by atoms with Crippen molar-refractivity contribution in [2.75, 3.05) is 6.54 Å². The molecule has 0 saturated carbocycles. The molecule has 0 aliphatic rings. The third-order valence-corrected chi connectivity index (χ3v) is 4.94. The van der Waals surface area contributed by atoms with Crippen molar-refractivity contribution in [1.29, 1.82) is 0 Å². The summed E-state index contributed by atoms with van der Waals surface area (Å²) in [5.41, 5.74) is 4.14. The molecule has 0 spiro atoms. The summed E-state index contributed by atoms with van der Waals surface area (Å²) in [6.07, 6.45) is 1.02. The highest BCUT2D eigenvalue weighted by Crippen LogP contribution is 2.27. The van der Waals surface area contributed by atoms with E-state index >= 15 is 0 Å². The van der Waals surface area contributed by atoms with E-state index < -0.39 is 0 Å². The van der Waals surface area contributed by atoms with Gasteiger partial charge < -0.3 is 5.32 Å². The van der Waals surface area contributed by atoms with Crippen molar-refractivity contribution in [1.82, 2.24) is 5.32 Å². The van der Waals surface area contributed by atoms with Crippen molar-refractivity contribution in [2.45, 2.75) is 26.3 Å². The molecule has 0 amide bonds. The highest BCUT2D eigenvalue weighted by Gasteiger charge is 2.15. The molecule has 0 aliphatic carbocycles. The van der Waals surface area contributed by atoms with Crippen molar-refractivity contribution < 1.29 is 0 Å². The van der Waals surface area contributed by atoms with Crippen molar-refractivity contribution in [2.24, 2.45) is 0 Å². The van der Waals surface area contributed by atoms with Gasteiger partial charge in [0.1, 0.15) is 0 Å². The van der Waals surface area contributed by atoms with Crippen LogP contribution in [0.4, 0.5) is 0 Å². The van der Waals surface area contributed by atoms with Crippen LogP contribution in [0.5, 0.6) is 0 Å². The minimum atomic E-state index is 0.352. The standard InChI is InChI=1S/C17H19BrIN/c1-3-20-17(10-13-7-5-4-6-12(13)2)15-11-14(18)8-9-16(15)19/h4-9,11,17,20H,3,10H2,1-2H3. The van der Waals surface area contributed by atoms with Crippen molar-refractivity contribution >= 4 is 38.5 Å². The Morgan fingerprint density at radius 2 is 1.95 bits per heavy atom. The molecule has 1 unspecified atom stereocenters. The summed E-state index contributed by atoms with van der Waals surface area (Å²) in [5, 5.41) is 3.62. The molecule has 3 heteroatoms. The van der Waals surface area contributed by atoms with Crippen LogP contribution in [-0.4, -0.2) is 6.54 Å². The minimum absolute atomic E-state index is 0.352. The van der Waals surface area contributed by atoms with Gasteiger partial charge in [-0.15, -0.1) is 0 Å². The molecule has 0 bridgehead atoms. The molecule has 20 heavy (non-hydrogen) atoms. The molecule has 1 N–H and O–H groups in total. The number of hydrogen-bond acceptors (Lipinski definition) is 1. The summed E-state index contributed by atoms with van der Waals surface area (Å²) in [6.45, 7) is 5.32. The Labute approximate surface area is 143 Å². The Bertz CT molecular complexity index is 583. The molecule has 2 aromatic carbocycles. The summed E-state index contributed by atoms with van der Waals surface area (Å²) in [7, 11) is 0. The number of halogens is 2.